The molecule has 0 atom stereocenters. The van der Waals surface area contributed by atoms with Crippen LogP contribution in [0.2, 0.25) is 5.02 Å². The van der Waals surface area contributed by atoms with Crippen LogP contribution in [0.5, 0.6) is 11.5 Å². The van der Waals surface area contributed by atoms with E-state index in [0.29, 0.717) is 28.3 Å². The lowest BCUT2D eigenvalue weighted by atomic mass is 10.1. The van der Waals surface area contributed by atoms with Crippen LogP contribution in [0.3, 0.4) is 0 Å². The number of nitrogens with one attached hydrogen (secondary N) is 1. The van der Waals surface area contributed by atoms with Gasteiger partial charge in [-0.15, -0.1) is 0 Å². The second-order valence-corrected chi connectivity index (χ2v) is 4.73. The predicted molar refractivity (Wildman–Crippen MR) is 83.7 cm³/mol. The van der Waals surface area contributed by atoms with Crippen molar-refractivity contribution in [1.29, 1.82) is 5.26 Å². The third-order valence-electron chi connectivity index (χ3n) is 3.00. The monoisotopic (exact) mass is 316 g/mol. The summed E-state index contributed by atoms with van der Waals surface area (Å²) in [6.45, 7) is 0. The Balaban J connectivity index is 2.26. The van der Waals surface area contributed by atoms with Crippen LogP contribution < -0.4 is 14.8 Å². The summed E-state index contributed by atoms with van der Waals surface area (Å²) in [5.74, 6) is 0.645. The van der Waals surface area contributed by atoms with E-state index in [9.17, 15) is 4.79 Å². The maximum atomic E-state index is 12.3. The summed E-state index contributed by atoms with van der Waals surface area (Å²) in [7, 11) is 3.01. The molecule has 0 radical (unpaired) electrons. The number of carbonyl (C=O) groups is 1. The molecule has 0 saturated heterocycles. The number of benzene rings is 2. The van der Waals surface area contributed by atoms with Crippen LogP contribution in [-0.4, -0.2) is 20.1 Å². The fourth-order valence-corrected chi connectivity index (χ4v) is 2.09. The number of nitrogens with zero attached hydrogens (tertiary/aromatic N) is 1. The summed E-state index contributed by atoms with van der Waals surface area (Å²) >= 11 is 5.94. The molecule has 0 aliphatic rings. The number of nitriles is 1. The van der Waals surface area contributed by atoms with Crippen LogP contribution in [-0.2, 0) is 0 Å². The smallest absolute Gasteiger partial charge is 0.259 e. The Bertz CT molecular complexity index is 754. The maximum Gasteiger partial charge on any atom is 0.259 e. The van der Waals surface area contributed by atoms with Crippen LogP contribution in [0.15, 0.2) is 36.4 Å². The first-order valence-electron chi connectivity index (χ1n) is 6.32. The van der Waals surface area contributed by atoms with E-state index in [-0.39, 0.29) is 10.9 Å². The lowest BCUT2D eigenvalue weighted by Gasteiger charge is -2.11. The second kappa shape index (κ2) is 6.83. The normalized spacial score (nSPS) is 9.73. The highest BCUT2D eigenvalue weighted by molar-refractivity contribution is 6.32. The molecule has 1 amide bonds. The maximum absolute atomic E-state index is 12.3. The Labute approximate surface area is 133 Å². The number of rotatable bonds is 4. The first-order chi connectivity index (χ1) is 10.6. The zero-order valence-corrected chi connectivity index (χ0v) is 12.8. The molecule has 0 aromatic heterocycles. The van der Waals surface area contributed by atoms with Crippen LogP contribution in [0, 0.1) is 11.3 Å². The molecule has 6 heteroatoms. The molecular weight excluding hydrogens is 304 g/mol. The quantitative estimate of drug-likeness (QED) is 0.937. The van der Waals surface area contributed by atoms with Crippen molar-refractivity contribution in [1.82, 2.24) is 0 Å². The van der Waals surface area contributed by atoms with E-state index in [4.69, 9.17) is 26.3 Å². The van der Waals surface area contributed by atoms with Gasteiger partial charge in [-0.2, -0.15) is 5.26 Å². The van der Waals surface area contributed by atoms with Crippen LogP contribution in [0.1, 0.15) is 15.9 Å². The lowest BCUT2D eigenvalue weighted by Crippen LogP contribution is -2.13. The van der Waals surface area contributed by atoms with E-state index < -0.39 is 0 Å². The minimum atomic E-state index is -0.347. The number of halogens is 1. The van der Waals surface area contributed by atoms with Crippen molar-refractivity contribution in [3.63, 3.8) is 0 Å². The van der Waals surface area contributed by atoms with Gasteiger partial charge in [0.1, 0.15) is 17.6 Å². The Morgan fingerprint density at radius 2 is 1.95 bits per heavy atom. The molecule has 0 fully saturated rings. The summed E-state index contributed by atoms with van der Waals surface area (Å²) in [6.07, 6.45) is 0. The van der Waals surface area contributed by atoms with E-state index in [1.165, 1.54) is 20.3 Å². The fourth-order valence-electron chi connectivity index (χ4n) is 1.87. The van der Waals surface area contributed by atoms with Gasteiger partial charge in [-0.05, 0) is 30.3 Å². The van der Waals surface area contributed by atoms with Gasteiger partial charge in [0.2, 0.25) is 0 Å². The molecule has 112 valence electrons. The standard InChI is InChI=1S/C16H13ClN2O3/c1-21-12-5-6-13(15(8-12)22-2)16(20)19-11-4-3-10(9-18)14(17)7-11/h3-8H,1-2H3,(H,19,20). The minimum Gasteiger partial charge on any atom is -0.497 e. The Morgan fingerprint density at radius 3 is 2.55 bits per heavy atom. The number of methoxy groups -OCH3 is 2. The molecule has 0 unspecified atom stereocenters. The largest absolute Gasteiger partial charge is 0.497 e. The molecule has 1 N–H and O–H groups in total. The summed E-state index contributed by atoms with van der Waals surface area (Å²) < 4.78 is 10.3. The third kappa shape index (κ3) is 3.30. The van der Waals surface area contributed by atoms with E-state index in [0.717, 1.165) is 0 Å². The van der Waals surface area contributed by atoms with Crippen molar-refractivity contribution in [3.8, 4) is 17.6 Å². The first kappa shape index (κ1) is 15.7. The summed E-state index contributed by atoms with van der Waals surface area (Å²) in [5, 5.41) is 11.8. The summed E-state index contributed by atoms with van der Waals surface area (Å²) in [5.41, 5.74) is 1.21. The van der Waals surface area contributed by atoms with Gasteiger partial charge in [-0.25, -0.2) is 0 Å². The molecule has 2 rings (SSSR count). The van der Waals surface area contributed by atoms with E-state index in [2.05, 4.69) is 5.32 Å². The van der Waals surface area contributed by atoms with Gasteiger partial charge in [0.15, 0.2) is 0 Å². The number of ether oxygens (including phenoxy) is 2. The molecule has 0 saturated carbocycles. The van der Waals surface area contributed by atoms with Crippen molar-refractivity contribution < 1.29 is 14.3 Å². The molecule has 5 nitrogen and oxygen atoms in total. The molecule has 0 heterocycles. The zero-order chi connectivity index (χ0) is 16.1. The SMILES string of the molecule is COc1ccc(C(=O)Nc2ccc(C#N)c(Cl)c2)c(OC)c1. The van der Waals surface area contributed by atoms with Gasteiger partial charge in [0.05, 0.1) is 30.4 Å². The molecule has 22 heavy (non-hydrogen) atoms. The van der Waals surface area contributed by atoms with Gasteiger partial charge >= 0.3 is 0 Å². The fraction of sp³-hybridized carbons (Fsp3) is 0.125. The predicted octanol–water partition coefficient (Wildman–Crippen LogP) is 3.48. The van der Waals surface area contributed by atoms with Gasteiger partial charge in [0, 0.05) is 11.8 Å². The number of anilines is 1. The van der Waals surface area contributed by atoms with Gasteiger partial charge in [-0.3, -0.25) is 4.79 Å². The number of hydrogen-bond donors (Lipinski definition) is 1. The molecule has 2 aromatic rings. The van der Waals surface area contributed by atoms with Gasteiger partial charge in [0.25, 0.3) is 5.91 Å². The highest BCUT2D eigenvalue weighted by Gasteiger charge is 2.14. The molecular formula is C16H13ClN2O3. The zero-order valence-electron chi connectivity index (χ0n) is 12.0. The highest BCUT2D eigenvalue weighted by Crippen LogP contribution is 2.26. The topological polar surface area (TPSA) is 71.3 Å². The molecule has 0 bridgehead atoms. The van der Waals surface area contributed by atoms with E-state index in [1.54, 1.807) is 30.3 Å². The van der Waals surface area contributed by atoms with Crippen molar-refractivity contribution in [2.45, 2.75) is 0 Å². The van der Waals surface area contributed by atoms with Gasteiger partial charge < -0.3 is 14.8 Å². The summed E-state index contributed by atoms with van der Waals surface area (Å²) in [4.78, 5) is 12.3. The molecule has 2 aromatic carbocycles. The number of carbonyl (C=O) groups excluding carboxylic acids is 1. The second-order valence-electron chi connectivity index (χ2n) is 4.33. The van der Waals surface area contributed by atoms with E-state index >= 15 is 0 Å². The first-order valence-corrected chi connectivity index (χ1v) is 6.70. The average Bonchev–Trinajstić information content (AvgIpc) is 2.54. The average molecular weight is 317 g/mol. The van der Waals surface area contributed by atoms with E-state index in [1.807, 2.05) is 6.07 Å². The summed E-state index contributed by atoms with van der Waals surface area (Å²) in [6, 6.07) is 11.5. The van der Waals surface area contributed by atoms with Crippen molar-refractivity contribution in [3.05, 3.63) is 52.5 Å². The van der Waals surface area contributed by atoms with Crippen LogP contribution in [0.4, 0.5) is 5.69 Å². The number of amides is 1. The van der Waals surface area contributed by atoms with Crippen LogP contribution >= 0.6 is 11.6 Å². The van der Waals surface area contributed by atoms with Crippen molar-refractivity contribution >= 4 is 23.2 Å². The molecule has 0 spiro atoms. The van der Waals surface area contributed by atoms with Crippen molar-refractivity contribution in [2.75, 3.05) is 19.5 Å². The minimum absolute atomic E-state index is 0.280. The van der Waals surface area contributed by atoms with Crippen LogP contribution in [0.25, 0.3) is 0 Å². The highest BCUT2D eigenvalue weighted by atomic mass is 35.5. The Morgan fingerprint density at radius 1 is 1.18 bits per heavy atom. The van der Waals surface area contributed by atoms with Gasteiger partial charge in [-0.1, -0.05) is 11.6 Å². The Hall–Kier alpha value is -2.71. The molecule has 0 aliphatic heterocycles. The number of hydrogen-bond acceptors (Lipinski definition) is 4. The third-order valence-corrected chi connectivity index (χ3v) is 3.31. The Kier molecular flexibility index (Phi) is 4.87. The van der Waals surface area contributed by atoms with Crippen molar-refractivity contribution in [2.24, 2.45) is 0 Å². The lowest BCUT2D eigenvalue weighted by molar-refractivity contribution is 0.102. The molecule has 0 aliphatic carbocycles.